The van der Waals surface area contributed by atoms with Crippen LogP contribution in [0.4, 0.5) is 0 Å². The van der Waals surface area contributed by atoms with Crippen LogP contribution in [-0.2, 0) is 33.7 Å². The maximum Gasteiger partial charge on any atom is 0.358 e. The first-order valence-corrected chi connectivity index (χ1v) is 10.2. The van der Waals surface area contributed by atoms with Crippen LogP contribution in [0.25, 0.3) is 0 Å². The number of aryl methyl sites for hydroxylation is 3. The molecule has 0 radical (unpaired) electrons. The van der Waals surface area contributed by atoms with Gasteiger partial charge in [0, 0.05) is 24.0 Å². The summed E-state index contributed by atoms with van der Waals surface area (Å²) in [4.78, 5) is 0.118. The van der Waals surface area contributed by atoms with Gasteiger partial charge in [0.25, 0.3) is 0 Å². The molecule has 2 aliphatic rings. The van der Waals surface area contributed by atoms with Crippen molar-refractivity contribution in [2.45, 2.75) is 56.8 Å². The lowest BCUT2D eigenvalue weighted by Gasteiger charge is -2.15. The molecule has 0 amide bonds. The van der Waals surface area contributed by atoms with Gasteiger partial charge in [-0.25, -0.2) is 0 Å². The van der Waals surface area contributed by atoms with Crippen LogP contribution >= 0.6 is 0 Å². The smallest absolute Gasteiger partial charge is 0.358 e. The van der Waals surface area contributed by atoms with E-state index < -0.39 is 10.1 Å². The van der Waals surface area contributed by atoms with E-state index in [4.69, 9.17) is 8.70 Å². The monoisotopic (exact) mass is 359 g/mol. The fourth-order valence-corrected chi connectivity index (χ4v) is 4.35. The van der Waals surface area contributed by atoms with Crippen LogP contribution in [0.15, 0.2) is 38.7 Å². The summed E-state index contributed by atoms with van der Waals surface area (Å²) in [7, 11) is -3.90. The van der Waals surface area contributed by atoms with Crippen molar-refractivity contribution in [1.29, 1.82) is 0 Å². The highest BCUT2D eigenvalue weighted by atomic mass is 32.2. The van der Waals surface area contributed by atoms with Crippen LogP contribution in [0, 0.1) is 6.92 Å². The maximum atomic E-state index is 12.4. The molecule has 1 aromatic heterocycles. The number of hydrogen-bond acceptors (Lipinski definition) is 5. The highest BCUT2D eigenvalue weighted by Gasteiger charge is 2.29. The molecule has 2 aromatic rings. The van der Waals surface area contributed by atoms with Gasteiger partial charge >= 0.3 is 10.1 Å². The van der Waals surface area contributed by atoms with Gasteiger partial charge in [-0.2, -0.15) is 8.42 Å². The standard InChI is InChI=1S/C19H21NO4S/c1-13-9-11-14(12-10-13)25(21,22)24-20-16-6-4-8-18-19(16)15-5-2-3-7-17(15)23-18/h9-12H,2-8H2,1H3/b20-16+. The first-order chi connectivity index (χ1) is 12.0. The van der Waals surface area contributed by atoms with E-state index in [9.17, 15) is 8.42 Å². The minimum absolute atomic E-state index is 0.118. The van der Waals surface area contributed by atoms with Gasteiger partial charge in [-0.1, -0.05) is 22.9 Å². The minimum Gasteiger partial charge on any atom is -0.465 e. The van der Waals surface area contributed by atoms with E-state index in [-0.39, 0.29) is 4.90 Å². The Balaban J connectivity index is 1.65. The predicted molar refractivity (Wildman–Crippen MR) is 94.3 cm³/mol. The van der Waals surface area contributed by atoms with Crippen molar-refractivity contribution < 1.29 is 17.1 Å². The Bertz CT molecular complexity index is 923. The van der Waals surface area contributed by atoms with Gasteiger partial charge in [0.2, 0.25) is 0 Å². The number of furan rings is 1. The topological polar surface area (TPSA) is 68.9 Å². The average molecular weight is 359 g/mol. The quantitative estimate of drug-likeness (QED) is 0.779. The second-order valence-corrected chi connectivity index (χ2v) is 8.27. The van der Waals surface area contributed by atoms with E-state index in [0.29, 0.717) is 12.1 Å². The third kappa shape index (κ3) is 3.11. The van der Waals surface area contributed by atoms with Crippen molar-refractivity contribution in [1.82, 2.24) is 0 Å². The van der Waals surface area contributed by atoms with Crippen LogP contribution in [0.3, 0.4) is 0 Å². The number of rotatable bonds is 3. The first kappa shape index (κ1) is 16.4. The zero-order chi connectivity index (χ0) is 17.4. The molecule has 0 saturated carbocycles. The summed E-state index contributed by atoms with van der Waals surface area (Å²) in [6.45, 7) is 1.91. The lowest BCUT2D eigenvalue weighted by molar-refractivity contribution is 0.337. The Morgan fingerprint density at radius 3 is 2.48 bits per heavy atom. The Hall–Kier alpha value is -2.08. The molecule has 0 saturated heterocycles. The van der Waals surface area contributed by atoms with E-state index in [0.717, 1.165) is 61.2 Å². The van der Waals surface area contributed by atoms with Gasteiger partial charge in [0.15, 0.2) is 0 Å². The first-order valence-electron chi connectivity index (χ1n) is 8.75. The van der Waals surface area contributed by atoms with Gasteiger partial charge in [-0.05, 0) is 51.2 Å². The van der Waals surface area contributed by atoms with Crippen LogP contribution in [0.5, 0.6) is 0 Å². The molecule has 0 bridgehead atoms. The fourth-order valence-electron chi connectivity index (χ4n) is 3.61. The molecule has 132 valence electrons. The van der Waals surface area contributed by atoms with E-state index in [1.165, 1.54) is 17.7 Å². The van der Waals surface area contributed by atoms with Gasteiger partial charge in [0.1, 0.15) is 16.4 Å². The van der Waals surface area contributed by atoms with Crippen LogP contribution in [0.1, 0.15) is 53.9 Å². The van der Waals surface area contributed by atoms with Crippen molar-refractivity contribution in [3.05, 3.63) is 52.5 Å². The van der Waals surface area contributed by atoms with Gasteiger partial charge in [0.05, 0.1) is 5.71 Å². The van der Waals surface area contributed by atoms with E-state index >= 15 is 0 Å². The average Bonchev–Trinajstić information content (AvgIpc) is 2.99. The summed E-state index contributed by atoms with van der Waals surface area (Å²) in [5, 5.41) is 4.04. The summed E-state index contributed by atoms with van der Waals surface area (Å²) < 4.78 is 35.8. The number of oxime groups is 1. The molecule has 2 aliphatic carbocycles. The molecular weight excluding hydrogens is 338 g/mol. The summed E-state index contributed by atoms with van der Waals surface area (Å²) in [6.07, 6.45) is 6.69. The van der Waals surface area contributed by atoms with Crippen molar-refractivity contribution in [2.75, 3.05) is 0 Å². The maximum absolute atomic E-state index is 12.4. The number of nitrogens with zero attached hydrogens (tertiary/aromatic N) is 1. The summed E-state index contributed by atoms with van der Waals surface area (Å²) in [6, 6.07) is 6.57. The highest BCUT2D eigenvalue weighted by molar-refractivity contribution is 7.86. The van der Waals surface area contributed by atoms with E-state index in [2.05, 4.69) is 5.16 Å². The number of benzene rings is 1. The molecule has 5 nitrogen and oxygen atoms in total. The largest absolute Gasteiger partial charge is 0.465 e. The summed E-state index contributed by atoms with van der Waals surface area (Å²) in [5.41, 5.74) is 3.90. The molecule has 0 N–H and O–H groups in total. The van der Waals surface area contributed by atoms with Gasteiger partial charge in [-0.3, -0.25) is 4.28 Å². The van der Waals surface area contributed by atoms with Crippen molar-refractivity contribution in [3.8, 4) is 0 Å². The molecule has 0 fully saturated rings. The molecule has 0 unspecified atom stereocenters. The minimum atomic E-state index is -3.90. The van der Waals surface area contributed by atoms with Gasteiger partial charge in [-0.15, -0.1) is 0 Å². The second kappa shape index (κ2) is 6.33. The lowest BCUT2D eigenvalue weighted by atomic mass is 9.88. The van der Waals surface area contributed by atoms with Crippen molar-refractivity contribution in [2.24, 2.45) is 5.16 Å². The molecule has 0 spiro atoms. The molecular formula is C19H21NO4S. The van der Waals surface area contributed by atoms with Crippen LogP contribution < -0.4 is 0 Å². The van der Waals surface area contributed by atoms with Crippen molar-refractivity contribution >= 4 is 15.8 Å². The molecule has 1 heterocycles. The molecule has 6 heteroatoms. The Kier molecular flexibility index (Phi) is 4.15. The highest BCUT2D eigenvalue weighted by Crippen LogP contribution is 2.35. The predicted octanol–water partition coefficient (Wildman–Crippen LogP) is 3.91. The zero-order valence-corrected chi connectivity index (χ0v) is 15.1. The third-order valence-corrected chi connectivity index (χ3v) is 6.03. The van der Waals surface area contributed by atoms with Crippen LogP contribution in [0.2, 0.25) is 0 Å². The summed E-state index contributed by atoms with van der Waals surface area (Å²) >= 11 is 0. The zero-order valence-electron chi connectivity index (χ0n) is 14.2. The second-order valence-electron chi connectivity index (χ2n) is 6.74. The number of fused-ring (bicyclic) bond motifs is 3. The molecule has 0 atom stereocenters. The van der Waals surface area contributed by atoms with E-state index in [1.807, 2.05) is 6.92 Å². The number of hydrogen-bond donors (Lipinski definition) is 0. The molecule has 25 heavy (non-hydrogen) atoms. The van der Waals surface area contributed by atoms with E-state index in [1.54, 1.807) is 12.1 Å². The Labute approximate surface area is 147 Å². The molecule has 1 aromatic carbocycles. The molecule has 0 aliphatic heterocycles. The third-order valence-electron chi connectivity index (χ3n) is 4.91. The normalized spacial score (nSPS) is 18.7. The van der Waals surface area contributed by atoms with Crippen molar-refractivity contribution in [3.63, 3.8) is 0 Å². The van der Waals surface area contributed by atoms with Gasteiger partial charge < -0.3 is 4.42 Å². The van der Waals surface area contributed by atoms with Crippen LogP contribution in [-0.4, -0.2) is 14.1 Å². The Morgan fingerprint density at radius 2 is 1.68 bits per heavy atom. The SMILES string of the molecule is Cc1ccc(S(=O)(=O)O/N=C2\CCCc3oc4c(c32)CCCC4)cc1. The Morgan fingerprint density at radius 1 is 0.960 bits per heavy atom. The molecule has 4 rings (SSSR count). The lowest BCUT2D eigenvalue weighted by Crippen LogP contribution is -2.15. The fraction of sp³-hybridized carbons (Fsp3) is 0.421. The summed E-state index contributed by atoms with van der Waals surface area (Å²) in [5.74, 6) is 1.99.